The summed E-state index contributed by atoms with van der Waals surface area (Å²) in [6, 6.07) is 9.86. The van der Waals surface area contributed by atoms with Crippen molar-refractivity contribution >= 4 is 23.2 Å². The molecule has 5 heteroatoms. The zero-order chi connectivity index (χ0) is 15.2. The molecule has 1 N–H and O–H groups in total. The number of nitrogens with one attached hydrogen (secondary N) is 1. The summed E-state index contributed by atoms with van der Waals surface area (Å²) in [6.07, 6.45) is 0. The van der Waals surface area contributed by atoms with Crippen LogP contribution in [0.1, 0.15) is 18.1 Å². The van der Waals surface area contributed by atoms with Gasteiger partial charge >= 0.3 is 0 Å². The Balaban J connectivity index is 2.14. The highest BCUT2D eigenvalue weighted by Crippen LogP contribution is 2.27. The average molecular weight is 328 g/mol. The maximum absolute atomic E-state index is 13.3. The molecule has 0 radical (unpaired) electrons. The molecule has 0 amide bonds. The normalized spacial score (nSPS) is 10.7. The quantitative estimate of drug-likeness (QED) is 0.821. The Morgan fingerprint density at radius 1 is 1.14 bits per heavy atom. The van der Waals surface area contributed by atoms with Gasteiger partial charge in [0.2, 0.25) is 0 Å². The molecule has 0 aliphatic rings. The van der Waals surface area contributed by atoms with Crippen LogP contribution in [0.4, 0.5) is 4.39 Å². The van der Waals surface area contributed by atoms with Crippen LogP contribution >= 0.6 is 23.2 Å². The predicted molar refractivity (Wildman–Crippen MR) is 84.6 cm³/mol. The monoisotopic (exact) mass is 327 g/mol. The Kier molecular flexibility index (Phi) is 5.85. The van der Waals surface area contributed by atoms with Gasteiger partial charge in [-0.05, 0) is 30.8 Å². The van der Waals surface area contributed by atoms with Crippen LogP contribution in [0.25, 0.3) is 0 Å². The number of rotatable bonds is 6. The van der Waals surface area contributed by atoms with Crippen molar-refractivity contribution in [3.8, 4) is 5.75 Å². The molecular weight excluding hydrogens is 312 g/mol. The van der Waals surface area contributed by atoms with Crippen LogP contribution in [0.2, 0.25) is 10.0 Å². The molecule has 0 bridgehead atoms. The summed E-state index contributed by atoms with van der Waals surface area (Å²) >= 11 is 12.1. The van der Waals surface area contributed by atoms with E-state index in [0.29, 0.717) is 22.3 Å². The van der Waals surface area contributed by atoms with Gasteiger partial charge in [0.15, 0.2) is 0 Å². The number of ether oxygens (including phenoxy) is 1. The van der Waals surface area contributed by atoms with Crippen LogP contribution in [-0.2, 0) is 13.2 Å². The second kappa shape index (κ2) is 7.64. The Labute approximate surface area is 133 Å². The molecule has 0 aliphatic carbocycles. The van der Waals surface area contributed by atoms with E-state index in [0.717, 1.165) is 17.7 Å². The lowest BCUT2D eigenvalue weighted by Gasteiger charge is -2.13. The summed E-state index contributed by atoms with van der Waals surface area (Å²) in [5.74, 6) is 0.351. The van der Waals surface area contributed by atoms with Crippen LogP contribution in [0.15, 0.2) is 36.4 Å². The van der Waals surface area contributed by atoms with E-state index in [1.54, 1.807) is 12.1 Å². The molecular formula is C16H16Cl2FNO. The number of benzene rings is 2. The molecule has 0 spiro atoms. The third kappa shape index (κ3) is 4.34. The molecule has 2 rings (SSSR count). The van der Waals surface area contributed by atoms with Crippen molar-refractivity contribution in [1.82, 2.24) is 5.32 Å². The summed E-state index contributed by atoms with van der Waals surface area (Å²) in [5, 5.41) is 4.13. The molecule has 112 valence electrons. The van der Waals surface area contributed by atoms with Crippen molar-refractivity contribution in [3.63, 3.8) is 0 Å². The lowest BCUT2D eigenvalue weighted by Crippen LogP contribution is -2.13. The zero-order valence-electron chi connectivity index (χ0n) is 11.6. The first kappa shape index (κ1) is 16.1. The summed E-state index contributed by atoms with van der Waals surface area (Å²) in [6.45, 7) is 3.62. The van der Waals surface area contributed by atoms with Gasteiger partial charge in [-0.15, -0.1) is 0 Å². The molecule has 21 heavy (non-hydrogen) atoms. The molecule has 0 heterocycles. The van der Waals surface area contributed by atoms with Gasteiger partial charge in [-0.1, -0.05) is 42.3 Å². The van der Waals surface area contributed by atoms with Gasteiger partial charge in [-0.25, -0.2) is 4.39 Å². The van der Waals surface area contributed by atoms with Crippen LogP contribution in [0, 0.1) is 5.82 Å². The molecule has 0 unspecified atom stereocenters. The zero-order valence-corrected chi connectivity index (χ0v) is 13.1. The van der Waals surface area contributed by atoms with Gasteiger partial charge in [0.05, 0.1) is 10.0 Å². The summed E-state index contributed by atoms with van der Waals surface area (Å²) in [4.78, 5) is 0. The minimum absolute atomic E-state index is 0.281. The molecule has 0 atom stereocenters. The molecule has 2 aromatic carbocycles. The molecule has 0 aromatic heterocycles. The van der Waals surface area contributed by atoms with Crippen molar-refractivity contribution in [1.29, 1.82) is 0 Å². The molecule has 0 aliphatic heterocycles. The first-order valence-corrected chi connectivity index (χ1v) is 7.42. The first-order valence-electron chi connectivity index (χ1n) is 6.66. The highest BCUT2D eigenvalue weighted by molar-refractivity contribution is 6.42. The van der Waals surface area contributed by atoms with Crippen molar-refractivity contribution in [2.45, 2.75) is 20.1 Å². The summed E-state index contributed by atoms with van der Waals surface area (Å²) in [5.41, 5.74) is 1.57. The second-order valence-electron chi connectivity index (χ2n) is 4.53. The standard InChI is InChI=1S/C16H16Cl2FNO/c1-2-20-9-12-8-13(19)6-7-15(12)21-10-11-4-3-5-14(17)16(11)18/h3-8,20H,2,9-10H2,1H3. The molecule has 0 fully saturated rings. The Hall–Kier alpha value is -1.29. The van der Waals surface area contributed by atoms with Gasteiger partial charge in [0, 0.05) is 17.7 Å². The van der Waals surface area contributed by atoms with Gasteiger partial charge in [0.1, 0.15) is 18.2 Å². The van der Waals surface area contributed by atoms with Crippen LogP contribution in [0.3, 0.4) is 0 Å². The predicted octanol–water partition coefficient (Wildman–Crippen LogP) is 4.82. The van der Waals surface area contributed by atoms with Crippen molar-refractivity contribution in [2.24, 2.45) is 0 Å². The number of hydrogen-bond acceptors (Lipinski definition) is 2. The van der Waals surface area contributed by atoms with E-state index in [4.69, 9.17) is 27.9 Å². The van der Waals surface area contributed by atoms with E-state index in [9.17, 15) is 4.39 Å². The number of halogens is 3. The van der Waals surface area contributed by atoms with Crippen molar-refractivity contribution < 1.29 is 9.13 Å². The minimum atomic E-state index is -0.281. The van der Waals surface area contributed by atoms with Gasteiger partial charge in [0.25, 0.3) is 0 Å². The van der Waals surface area contributed by atoms with E-state index in [-0.39, 0.29) is 12.4 Å². The topological polar surface area (TPSA) is 21.3 Å². The Bertz CT molecular complexity index is 619. The van der Waals surface area contributed by atoms with Gasteiger partial charge in [-0.2, -0.15) is 0 Å². The smallest absolute Gasteiger partial charge is 0.124 e. The SMILES string of the molecule is CCNCc1cc(F)ccc1OCc1cccc(Cl)c1Cl. The molecule has 2 nitrogen and oxygen atoms in total. The van der Waals surface area contributed by atoms with Crippen molar-refractivity contribution in [2.75, 3.05) is 6.54 Å². The van der Waals surface area contributed by atoms with Crippen LogP contribution in [0.5, 0.6) is 5.75 Å². The fourth-order valence-electron chi connectivity index (χ4n) is 1.90. The van der Waals surface area contributed by atoms with E-state index in [1.807, 2.05) is 19.1 Å². The molecule has 2 aromatic rings. The fraction of sp³-hybridized carbons (Fsp3) is 0.250. The van der Waals surface area contributed by atoms with E-state index in [2.05, 4.69) is 5.32 Å². The molecule has 0 saturated heterocycles. The first-order chi connectivity index (χ1) is 10.1. The van der Waals surface area contributed by atoms with Gasteiger partial charge in [-0.3, -0.25) is 0 Å². The van der Waals surface area contributed by atoms with Gasteiger partial charge < -0.3 is 10.1 Å². The van der Waals surface area contributed by atoms with E-state index < -0.39 is 0 Å². The van der Waals surface area contributed by atoms with E-state index >= 15 is 0 Å². The van der Waals surface area contributed by atoms with Crippen molar-refractivity contribution in [3.05, 3.63) is 63.4 Å². The van der Waals surface area contributed by atoms with Crippen LogP contribution < -0.4 is 10.1 Å². The second-order valence-corrected chi connectivity index (χ2v) is 5.32. The molecule has 0 saturated carbocycles. The van der Waals surface area contributed by atoms with Crippen LogP contribution in [-0.4, -0.2) is 6.54 Å². The highest BCUT2D eigenvalue weighted by atomic mass is 35.5. The fourth-order valence-corrected chi connectivity index (χ4v) is 2.28. The van der Waals surface area contributed by atoms with E-state index in [1.165, 1.54) is 12.1 Å². The summed E-state index contributed by atoms with van der Waals surface area (Å²) in [7, 11) is 0. The lowest BCUT2D eigenvalue weighted by molar-refractivity contribution is 0.301. The number of hydrogen-bond donors (Lipinski definition) is 1. The third-order valence-electron chi connectivity index (χ3n) is 3.00. The largest absolute Gasteiger partial charge is 0.489 e. The Morgan fingerprint density at radius 3 is 2.71 bits per heavy atom. The maximum Gasteiger partial charge on any atom is 0.124 e. The minimum Gasteiger partial charge on any atom is -0.489 e. The maximum atomic E-state index is 13.3. The third-order valence-corrected chi connectivity index (χ3v) is 3.86. The Morgan fingerprint density at radius 2 is 1.95 bits per heavy atom. The average Bonchev–Trinajstić information content (AvgIpc) is 2.48. The lowest BCUT2D eigenvalue weighted by atomic mass is 10.2. The summed E-state index contributed by atoms with van der Waals surface area (Å²) < 4.78 is 19.1. The highest BCUT2D eigenvalue weighted by Gasteiger charge is 2.08.